The molecule has 0 bridgehead atoms. The van der Waals surface area contributed by atoms with E-state index in [4.69, 9.17) is 0 Å². The Bertz CT molecular complexity index is 682. The smallest absolute Gasteiger partial charge is 0.0964 e. The van der Waals surface area contributed by atoms with Gasteiger partial charge in [0.15, 0.2) is 0 Å². The molecule has 0 radical (unpaired) electrons. The molecule has 1 N–H and O–H groups in total. The van der Waals surface area contributed by atoms with Gasteiger partial charge in [-0.05, 0) is 23.4 Å². The number of hydrogen-bond donors (Lipinski definition) is 1. The normalized spacial score (nSPS) is 11.0. The Morgan fingerprint density at radius 3 is 2.84 bits per heavy atom. The summed E-state index contributed by atoms with van der Waals surface area (Å²) >= 11 is 0. The van der Waals surface area contributed by atoms with E-state index in [9.17, 15) is 0 Å². The minimum absolute atomic E-state index is 0.746. The van der Waals surface area contributed by atoms with Crippen molar-refractivity contribution in [2.24, 2.45) is 0 Å². The monoisotopic (exact) mass is 252 g/mol. The second-order valence-corrected chi connectivity index (χ2v) is 4.58. The zero-order chi connectivity index (χ0) is 13.1. The fourth-order valence-corrected chi connectivity index (χ4v) is 2.28. The van der Waals surface area contributed by atoms with E-state index in [2.05, 4.69) is 58.1 Å². The van der Waals surface area contributed by atoms with Gasteiger partial charge in [-0.25, -0.2) is 4.68 Å². The maximum Gasteiger partial charge on any atom is 0.0964 e. The Balaban J connectivity index is 1.92. The highest BCUT2D eigenvalue weighted by Gasteiger charge is 2.03. The molecule has 2 aromatic carbocycles. The summed E-state index contributed by atoms with van der Waals surface area (Å²) in [6, 6.07) is 14.8. The molecule has 0 saturated heterocycles. The van der Waals surface area contributed by atoms with Gasteiger partial charge in [-0.1, -0.05) is 47.7 Å². The van der Waals surface area contributed by atoms with Crippen molar-refractivity contribution in [1.29, 1.82) is 0 Å². The third kappa shape index (κ3) is 2.48. The summed E-state index contributed by atoms with van der Waals surface area (Å²) in [5, 5.41) is 13.9. The van der Waals surface area contributed by atoms with Crippen molar-refractivity contribution < 1.29 is 0 Å². The molecule has 4 nitrogen and oxygen atoms in total. The molecule has 0 amide bonds. The van der Waals surface area contributed by atoms with Crippen LogP contribution in [0.5, 0.6) is 0 Å². The predicted octanol–water partition coefficient (Wildman–Crippen LogP) is 2.20. The van der Waals surface area contributed by atoms with Crippen LogP contribution in [0.15, 0.2) is 48.7 Å². The topological polar surface area (TPSA) is 42.7 Å². The van der Waals surface area contributed by atoms with Gasteiger partial charge in [0.05, 0.1) is 18.4 Å². The van der Waals surface area contributed by atoms with Crippen LogP contribution in [-0.2, 0) is 13.1 Å². The summed E-state index contributed by atoms with van der Waals surface area (Å²) < 4.78 is 1.88. The lowest BCUT2D eigenvalue weighted by Gasteiger charge is -2.05. The van der Waals surface area contributed by atoms with Crippen molar-refractivity contribution in [3.8, 4) is 0 Å². The molecule has 3 aromatic rings. The fourth-order valence-electron chi connectivity index (χ4n) is 2.28. The van der Waals surface area contributed by atoms with Crippen LogP contribution in [0.1, 0.15) is 11.3 Å². The lowest BCUT2D eigenvalue weighted by Crippen LogP contribution is -2.05. The first-order valence-corrected chi connectivity index (χ1v) is 6.37. The highest BCUT2D eigenvalue weighted by Crippen LogP contribution is 2.19. The van der Waals surface area contributed by atoms with Crippen molar-refractivity contribution in [1.82, 2.24) is 20.3 Å². The molecule has 1 aromatic heterocycles. The molecule has 0 spiro atoms. The molecule has 0 saturated carbocycles. The fraction of sp³-hybridized carbons (Fsp3) is 0.200. The van der Waals surface area contributed by atoms with E-state index in [1.54, 1.807) is 0 Å². The summed E-state index contributed by atoms with van der Waals surface area (Å²) in [4.78, 5) is 0. The average molecular weight is 252 g/mol. The van der Waals surface area contributed by atoms with E-state index in [1.807, 2.05) is 17.9 Å². The number of aromatic nitrogens is 3. The van der Waals surface area contributed by atoms with Crippen LogP contribution in [0.3, 0.4) is 0 Å². The summed E-state index contributed by atoms with van der Waals surface area (Å²) in [6.45, 7) is 1.49. The van der Waals surface area contributed by atoms with Crippen LogP contribution < -0.4 is 5.32 Å². The van der Waals surface area contributed by atoms with Gasteiger partial charge in [0.1, 0.15) is 0 Å². The van der Waals surface area contributed by atoms with E-state index in [1.165, 1.54) is 16.3 Å². The van der Waals surface area contributed by atoms with Crippen molar-refractivity contribution >= 4 is 10.8 Å². The number of fused-ring (bicyclic) bond motifs is 1. The molecule has 0 aliphatic carbocycles. The average Bonchev–Trinajstić information content (AvgIpc) is 2.87. The molecule has 96 valence electrons. The summed E-state index contributed by atoms with van der Waals surface area (Å²) in [5.41, 5.74) is 2.22. The maximum atomic E-state index is 4.16. The molecule has 4 heteroatoms. The van der Waals surface area contributed by atoms with Crippen LogP contribution >= 0.6 is 0 Å². The third-order valence-corrected chi connectivity index (χ3v) is 3.16. The van der Waals surface area contributed by atoms with Gasteiger partial charge < -0.3 is 5.32 Å². The van der Waals surface area contributed by atoms with Gasteiger partial charge in [-0.3, -0.25) is 0 Å². The van der Waals surface area contributed by atoms with E-state index < -0.39 is 0 Å². The van der Waals surface area contributed by atoms with Gasteiger partial charge in [0.25, 0.3) is 0 Å². The first kappa shape index (κ1) is 11.9. The molecular formula is C15H16N4. The zero-order valence-corrected chi connectivity index (χ0v) is 10.9. The van der Waals surface area contributed by atoms with Gasteiger partial charge in [0.2, 0.25) is 0 Å². The largest absolute Gasteiger partial charge is 0.314 e. The van der Waals surface area contributed by atoms with Crippen LogP contribution in [-0.4, -0.2) is 22.0 Å². The SMILES string of the molecule is CNCc1cn(Cc2cccc3ccccc23)nn1. The standard InChI is InChI=1S/C15H16N4/c1-16-9-14-11-19(18-17-14)10-13-7-4-6-12-5-2-3-8-15(12)13/h2-8,11,16H,9-10H2,1H3. The third-order valence-electron chi connectivity index (χ3n) is 3.16. The Morgan fingerprint density at radius 1 is 1.11 bits per heavy atom. The Morgan fingerprint density at radius 2 is 1.95 bits per heavy atom. The van der Waals surface area contributed by atoms with Gasteiger partial charge >= 0.3 is 0 Å². The predicted molar refractivity (Wildman–Crippen MR) is 75.8 cm³/mol. The Labute approximate surface area is 112 Å². The number of benzene rings is 2. The summed E-state index contributed by atoms with van der Waals surface area (Å²) in [7, 11) is 1.91. The highest BCUT2D eigenvalue weighted by atomic mass is 15.4. The van der Waals surface area contributed by atoms with E-state index in [0.717, 1.165) is 18.8 Å². The number of hydrogen-bond acceptors (Lipinski definition) is 3. The minimum atomic E-state index is 0.746. The zero-order valence-electron chi connectivity index (χ0n) is 10.9. The van der Waals surface area contributed by atoms with Crippen molar-refractivity contribution in [2.45, 2.75) is 13.1 Å². The minimum Gasteiger partial charge on any atom is -0.314 e. The van der Waals surface area contributed by atoms with E-state index >= 15 is 0 Å². The van der Waals surface area contributed by atoms with Crippen LogP contribution in [0, 0.1) is 0 Å². The molecule has 3 rings (SSSR count). The molecule has 0 aliphatic rings. The molecular weight excluding hydrogens is 236 g/mol. The van der Waals surface area contributed by atoms with Crippen LogP contribution in [0.4, 0.5) is 0 Å². The number of nitrogens with zero attached hydrogens (tertiary/aromatic N) is 3. The quantitative estimate of drug-likeness (QED) is 0.774. The van der Waals surface area contributed by atoms with Crippen LogP contribution in [0.25, 0.3) is 10.8 Å². The van der Waals surface area contributed by atoms with Gasteiger partial charge in [-0.15, -0.1) is 5.10 Å². The lowest BCUT2D eigenvalue weighted by molar-refractivity contribution is 0.651. The molecule has 0 atom stereocenters. The number of rotatable bonds is 4. The Kier molecular flexibility index (Phi) is 3.25. The maximum absolute atomic E-state index is 4.16. The van der Waals surface area contributed by atoms with Crippen molar-refractivity contribution in [2.75, 3.05) is 7.05 Å². The van der Waals surface area contributed by atoms with Crippen molar-refractivity contribution in [3.05, 3.63) is 59.9 Å². The first-order valence-electron chi connectivity index (χ1n) is 6.37. The molecule has 19 heavy (non-hydrogen) atoms. The first-order chi connectivity index (χ1) is 9.36. The second-order valence-electron chi connectivity index (χ2n) is 4.58. The van der Waals surface area contributed by atoms with Gasteiger partial charge in [-0.2, -0.15) is 0 Å². The second kappa shape index (κ2) is 5.20. The number of nitrogens with one attached hydrogen (secondary N) is 1. The lowest BCUT2D eigenvalue weighted by atomic mass is 10.0. The summed E-state index contributed by atoms with van der Waals surface area (Å²) in [6.07, 6.45) is 1.98. The highest BCUT2D eigenvalue weighted by molar-refractivity contribution is 5.85. The van der Waals surface area contributed by atoms with E-state index in [-0.39, 0.29) is 0 Å². The van der Waals surface area contributed by atoms with Crippen molar-refractivity contribution in [3.63, 3.8) is 0 Å². The van der Waals surface area contributed by atoms with E-state index in [0.29, 0.717) is 0 Å². The summed E-state index contributed by atoms with van der Waals surface area (Å²) in [5.74, 6) is 0. The van der Waals surface area contributed by atoms with Gasteiger partial charge in [0, 0.05) is 6.54 Å². The molecule has 0 unspecified atom stereocenters. The molecule has 0 fully saturated rings. The molecule has 0 aliphatic heterocycles. The molecule has 1 heterocycles. The Hall–Kier alpha value is -2.20. The van der Waals surface area contributed by atoms with Crippen LogP contribution in [0.2, 0.25) is 0 Å².